The average Bonchev–Trinajstić information content (AvgIpc) is 3.10. The van der Waals surface area contributed by atoms with Gasteiger partial charge in [-0.1, -0.05) is 24.3 Å². The van der Waals surface area contributed by atoms with E-state index in [9.17, 15) is 9.59 Å². The molecule has 3 rings (SSSR count). The van der Waals surface area contributed by atoms with Crippen molar-refractivity contribution in [3.05, 3.63) is 69.1 Å². The Morgan fingerprint density at radius 3 is 2.75 bits per heavy atom. The molecule has 1 aromatic carbocycles. The minimum atomic E-state index is -0.291. The minimum Gasteiger partial charge on any atom is -0.333 e. The number of aryl methyl sites for hydroxylation is 1. The first-order chi connectivity index (χ1) is 11.6. The van der Waals surface area contributed by atoms with E-state index in [1.54, 1.807) is 30.5 Å². The van der Waals surface area contributed by atoms with Gasteiger partial charge in [-0.3, -0.25) is 4.79 Å². The maximum Gasteiger partial charge on any atom is 0.319 e. The Bertz CT molecular complexity index is 903. The Hall–Kier alpha value is -2.93. The second kappa shape index (κ2) is 7.10. The molecule has 0 saturated carbocycles. The number of rotatable bonds is 4. The zero-order valence-electron chi connectivity index (χ0n) is 13.0. The van der Waals surface area contributed by atoms with Crippen LogP contribution in [0.2, 0.25) is 0 Å². The summed E-state index contributed by atoms with van der Waals surface area (Å²) < 4.78 is 1.27. The molecule has 3 aromatic rings. The molecule has 0 unspecified atom stereocenters. The predicted molar refractivity (Wildman–Crippen MR) is 95.1 cm³/mol. The maximum atomic E-state index is 12.1. The van der Waals surface area contributed by atoms with Gasteiger partial charge in [0, 0.05) is 23.6 Å². The molecule has 0 fully saturated rings. The Morgan fingerprint density at radius 1 is 1.17 bits per heavy atom. The highest BCUT2D eigenvalue weighted by atomic mass is 32.1. The van der Waals surface area contributed by atoms with Gasteiger partial charge in [0.15, 0.2) is 0 Å². The highest BCUT2D eigenvalue weighted by Crippen LogP contribution is 2.25. The molecule has 2 amide bonds. The number of benzene rings is 1. The van der Waals surface area contributed by atoms with E-state index < -0.39 is 0 Å². The van der Waals surface area contributed by atoms with Crippen LogP contribution < -0.4 is 16.2 Å². The first-order valence-electron chi connectivity index (χ1n) is 7.34. The first kappa shape index (κ1) is 15.9. The van der Waals surface area contributed by atoms with Gasteiger partial charge in [-0.25, -0.2) is 9.48 Å². The zero-order chi connectivity index (χ0) is 16.9. The molecule has 0 atom stereocenters. The van der Waals surface area contributed by atoms with E-state index in [1.165, 1.54) is 10.7 Å². The minimum absolute atomic E-state index is 0.183. The Labute approximate surface area is 142 Å². The van der Waals surface area contributed by atoms with Gasteiger partial charge >= 0.3 is 6.03 Å². The van der Waals surface area contributed by atoms with Crippen molar-refractivity contribution in [2.45, 2.75) is 6.54 Å². The molecule has 0 aliphatic carbocycles. The van der Waals surface area contributed by atoms with E-state index in [0.29, 0.717) is 17.9 Å². The van der Waals surface area contributed by atoms with Gasteiger partial charge in [0.1, 0.15) is 0 Å². The molecular formula is C17H16N4O2S. The highest BCUT2D eigenvalue weighted by Gasteiger charge is 2.10. The summed E-state index contributed by atoms with van der Waals surface area (Å²) in [5.41, 5.74) is 1.82. The van der Waals surface area contributed by atoms with Crippen molar-refractivity contribution >= 4 is 23.1 Å². The molecule has 0 spiro atoms. The number of anilines is 1. The van der Waals surface area contributed by atoms with E-state index in [4.69, 9.17) is 0 Å². The fourth-order valence-electron chi connectivity index (χ4n) is 2.21. The van der Waals surface area contributed by atoms with Crippen molar-refractivity contribution in [1.82, 2.24) is 15.1 Å². The van der Waals surface area contributed by atoms with E-state index >= 15 is 0 Å². The normalized spacial score (nSPS) is 10.4. The number of aromatic nitrogens is 2. The zero-order valence-corrected chi connectivity index (χ0v) is 13.8. The van der Waals surface area contributed by atoms with Crippen LogP contribution >= 0.6 is 11.3 Å². The first-order valence-corrected chi connectivity index (χ1v) is 8.22. The fourth-order valence-corrected chi connectivity index (χ4v) is 2.85. The lowest BCUT2D eigenvalue weighted by molar-refractivity contribution is 0.252. The van der Waals surface area contributed by atoms with Gasteiger partial charge in [0.05, 0.1) is 17.9 Å². The van der Waals surface area contributed by atoms with Crippen LogP contribution in [0.5, 0.6) is 0 Å². The molecule has 2 heterocycles. The fraction of sp³-hybridized carbons (Fsp3) is 0.118. The summed E-state index contributed by atoms with van der Waals surface area (Å²) in [5.74, 6) is 0. The molecule has 24 heavy (non-hydrogen) atoms. The third-order valence-electron chi connectivity index (χ3n) is 3.41. The molecule has 0 radical (unpaired) electrons. The Balaban J connectivity index is 1.77. The average molecular weight is 340 g/mol. The topological polar surface area (TPSA) is 76.0 Å². The lowest BCUT2D eigenvalue weighted by Crippen LogP contribution is -2.28. The molecule has 122 valence electrons. The van der Waals surface area contributed by atoms with Crippen LogP contribution in [-0.4, -0.2) is 15.8 Å². The Kier molecular flexibility index (Phi) is 4.72. The molecule has 0 bridgehead atoms. The van der Waals surface area contributed by atoms with Gasteiger partial charge in [-0.05, 0) is 23.6 Å². The largest absolute Gasteiger partial charge is 0.333 e. The van der Waals surface area contributed by atoms with Crippen molar-refractivity contribution in [2.75, 3.05) is 5.32 Å². The van der Waals surface area contributed by atoms with Crippen LogP contribution in [0, 0.1) is 0 Å². The molecule has 0 aliphatic rings. The number of carbonyl (C=O) groups excluding carboxylic acids is 1. The molecule has 6 nitrogen and oxygen atoms in total. The van der Waals surface area contributed by atoms with E-state index in [-0.39, 0.29) is 11.6 Å². The summed E-state index contributed by atoms with van der Waals surface area (Å²) in [6, 6.07) is 14.1. The Morgan fingerprint density at radius 2 is 2.00 bits per heavy atom. The van der Waals surface area contributed by atoms with Crippen LogP contribution in [0.1, 0.15) is 4.88 Å². The summed E-state index contributed by atoms with van der Waals surface area (Å²) in [6.07, 6.45) is 0. The second-order valence-corrected chi connectivity index (χ2v) is 6.15. The molecule has 7 heteroatoms. The van der Waals surface area contributed by atoms with Gasteiger partial charge in [0.2, 0.25) is 0 Å². The predicted octanol–water partition coefficient (Wildman–Crippen LogP) is 2.83. The van der Waals surface area contributed by atoms with Crippen molar-refractivity contribution < 1.29 is 4.79 Å². The highest BCUT2D eigenvalue weighted by molar-refractivity contribution is 7.09. The number of para-hydroxylation sites is 1. The van der Waals surface area contributed by atoms with Gasteiger partial charge < -0.3 is 10.6 Å². The van der Waals surface area contributed by atoms with Gasteiger partial charge in [-0.15, -0.1) is 11.3 Å². The van der Waals surface area contributed by atoms with Crippen molar-refractivity contribution in [2.24, 2.45) is 7.05 Å². The standard InChI is InChI=1S/C17H16N4O2S/c1-21-16(22)9-8-15(20-21)13-6-2-3-7-14(13)19-17(23)18-11-12-5-4-10-24-12/h2-10H,11H2,1H3,(H2,18,19,23). The maximum absolute atomic E-state index is 12.1. The number of hydrogen-bond acceptors (Lipinski definition) is 4. The molecular weight excluding hydrogens is 324 g/mol. The lowest BCUT2D eigenvalue weighted by Gasteiger charge is -2.11. The number of carbonyl (C=O) groups is 1. The number of thiophene rings is 1. The van der Waals surface area contributed by atoms with E-state index in [2.05, 4.69) is 15.7 Å². The number of urea groups is 1. The molecule has 0 aliphatic heterocycles. The van der Waals surface area contributed by atoms with Crippen LogP contribution in [-0.2, 0) is 13.6 Å². The van der Waals surface area contributed by atoms with Crippen LogP contribution in [0.3, 0.4) is 0 Å². The van der Waals surface area contributed by atoms with Gasteiger partial charge in [0.25, 0.3) is 5.56 Å². The second-order valence-electron chi connectivity index (χ2n) is 5.11. The van der Waals surface area contributed by atoms with E-state index in [0.717, 1.165) is 10.4 Å². The SMILES string of the molecule is Cn1nc(-c2ccccc2NC(=O)NCc2cccs2)ccc1=O. The van der Waals surface area contributed by atoms with Gasteiger partial charge in [-0.2, -0.15) is 5.10 Å². The van der Waals surface area contributed by atoms with Crippen molar-refractivity contribution in [3.63, 3.8) is 0 Å². The molecule has 0 saturated heterocycles. The summed E-state index contributed by atoms with van der Waals surface area (Å²) in [6.45, 7) is 0.476. The van der Waals surface area contributed by atoms with Crippen LogP contribution in [0.25, 0.3) is 11.3 Å². The summed E-state index contributed by atoms with van der Waals surface area (Å²) in [7, 11) is 1.59. The number of nitrogens with one attached hydrogen (secondary N) is 2. The van der Waals surface area contributed by atoms with Crippen LogP contribution in [0.4, 0.5) is 10.5 Å². The third kappa shape index (κ3) is 3.69. The number of hydrogen-bond donors (Lipinski definition) is 2. The summed E-state index contributed by atoms with van der Waals surface area (Å²) in [4.78, 5) is 24.7. The summed E-state index contributed by atoms with van der Waals surface area (Å²) >= 11 is 1.59. The van der Waals surface area contributed by atoms with Crippen molar-refractivity contribution in [1.29, 1.82) is 0 Å². The number of nitrogens with zero attached hydrogens (tertiary/aromatic N) is 2. The quantitative estimate of drug-likeness (QED) is 0.767. The molecule has 2 aromatic heterocycles. The van der Waals surface area contributed by atoms with Crippen LogP contribution in [0.15, 0.2) is 58.7 Å². The van der Waals surface area contributed by atoms with E-state index in [1.807, 2.05) is 35.7 Å². The lowest BCUT2D eigenvalue weighted by atomic mass is 10.1. The number of amides is 2. The smallest absolute Gasteiger partial charge is 0.319 e. The molecule has 2 N–H and O–H groups in total. The summed E-state index contributed by atoms with van der Waals surface area (Å²) in [5, 5.41) is 11.8. The van der Waals surface area contributed by atoms with Crippen molar-refractivity contribution in [3.8, 4) is 11.3 Å². The third-order valence-corrected chi connectivity index (χ3v) is 4.29. The monoisotopic (exact) mass is 340 g/mol.